The molecule has 1 N–H and O–H groups in total. The van der Waals surface area contributed by atoms with Crippen molar-refractivity contribution in [3.63, 3.8) is 0 Å². The standard InChI is InChI=1S/C11H10N2O2S/c1-15-10(14)8-2-4-9(5-3-8)13-7-6-12-11(13)16/h2-7H,1H3,(H,12,16). The first-order valence-electron chi connectivity index (χ1n) is 4.67. The molecule has 0 unspecified atom stereocenters. The number of aromatic amines is 1. The van der Waals surface area contributed by atoms with E-state index >= 15 is 0 Å². The Morgan fingerprint density at radius 1 is 1.38 bits per heavy atom. The summed E-state index contributed by atoms with van der Waals surface area (Å²) in [6.45, 7) is 0. The van der Waals surface area contributed by atoms with Crippen molar-refractivity contribution in [1.82, 2.24) is 9.55 Å². The summed E-state index contributed by atoms with van der Waals surface area (Å²) in [6, 6.07) is 7.04. The maximum atomic E-state index is 11.2. The predicted octanol–water partition coefficient (Wildman–Crippen LogP) is 2.32. The number of carbonyl (C=O) groups is 1. The first-order chi connectivity index (χ1) is 7.72. The van der Waals surface area contributed by atoms with Gasteiger partial charge in [-0.25, -0.2) is 4.79 Å². The van der Waals surface area contributed by atoms with Crippen LogP contribution < -0.4 is 0 Å². The van der Waals surface area contributed by atoms with Gasteiger partial charge in [0.05, 0.1) is 12.7 Å². The van der Waals surface area contributed by atoms with Crippen LogP contribution in [0.5, 0.6) is 0 Å². The Balaban J connectivity index is 2.37. The minimum atomic E-state index is -0.343. The lowest BCUT2D eigenvalue weighted by Gasteiger charge is -2.03. The van der Waals surface area contributed by atoms with Gasteiger partial charge in [-0.3, -0.25) is 4.57 Å². The van der Waals surface area contributed by atoms with Gasteiger partial charge in [0.25, 0.3) is 0 Å². The minimum Gasteiger partial charge on any atom is -0.465 e. The van der Waals surface area contributed by atoms with Gasteiger partial charge in [0, 0.05) is 18.1 Å². The average molecular weight is 234 g/mol. The quantitative estimate of drug-likeness (QED) is 0.640. The van der Waals surface area contributed by atoms with E-state index in [0.717, 1.165) is 5.69 Å². The Kier molecular flexibility index (Phi) is 2.87. The molecule has 16 heavy (non-hydrogen) atoms. The molecule has 0 fully saturated rings. The fraction of sp³-hybridized carbons (Fsp3) is 0.0909. The number of nitrogens with zero attached hydrogens (tertiary/aromatic N) is 1. The number of hydrogen-bond donors (Lipinski definition) is 1. The molecule has 0 aliphatic carbocycles. The number of methoxy groups -OCH3 is 1. The Hall–Kier alpha value is -1.88. The number of esters is 1. The summed E-state index contributed by atoms with van der Waals surface area (Å²) in [5.41, 5.74) is 1.42. The molecule has 0 atom stereocenters. The molecule has 0 saturated heterocycles. The van der Waals surface area contributed by atoms with Crippen LogP contribution in [0.25, 0.3) is 5.69 Å². The smallest absolute Gasteiger partial charge is 0.337 e. The van der Waals surface area contributed by atoms with E-state index in [1.54, 1.807) is 18.3 Å². The summed E-state index contributed by atoms with van der Waals surface area (Å²) in [6.07, 6.45) is 3.59. The lowest BCUT2D eigenvalue weighted by molar-refractivity contribution is 0.0601. The van der Waals surface area contributed by atoms with Crippen LogP contribution in [0.4, 0.5) is 0 Å². The topological polar surface area (TPSA) is 47.0 Å². The molecule has 2 rings (SSSR count). The highest BCUT2D eigenvalue weighted by Gasteiger charge is 2.04. The Labute approximate surface area is 97.5 Å². The van der Waals surface area contributed by atoms with E-state index in [-0.39, 0.29) is 5.97 Å². The third-order valence-electron chi connectivity index (χ3n) is 2.22. The summed E-state index contributed by atoms with van der Waals surface area (Å²) in [5, 5.41) is 0. The maximum absolute atomic E-state index is 11.2. The highest BCUT2D eigenvalue weighted by Crippen LogP contribution is 2.10. The summed E-state index contributed by atoms with van der Waals surface area (Å²) in [7, 11) is 1.36. The number of aromatic nitrogens is 2. The summed E-state index contributed by atoms with van der Waals surface area (Å²) < 4.78 is 7.05. The lowest BCUT2D eigenvalue weighted by atomic mass is 10.2. The van der Waals surface area contributed by atoms with Crippen molar-refractivity contribution >= 4 is 18.2 Å². The second-order valence-electron chi connectivity index (χ2n) is 3.17. The van der Waals surface area contributed by atoms with Gasteiger partial charge in [-0.15, -0.1) is 0 Å². The van der Waals surface area contributed by atoms with Crippen LogP contribution in [0.1, 0.15) is 10.4 Å². The first-order valence-corrected chi connectivity index (χ1v) is 5.08. The van der Waals surface area contributed by atoms with E-state index in [9.17, 15) is 4.79 Å². The largest absolute Gasteiger partial charge is 0.465 e. The fourth-order valence-corrected chi connectivity index (χ4v) is 1.63. The van der Waals surface area contributed by atoms with Crippen molar-refractivity contribution in [2.75, 3.05) is 7.11 Å². The molecular formula is C11H10N2O2S. The molecule has 0 radical (unpaired) electrons. The second-order valence-corrected chi connectivity index (χ2v) is 3.56. The zero-order valence-corrected chi connectivity index (χ0v) is 9.45. The van der Waals surface area contributed by atoms with Crippen molar-refractivity contribution in [3.8, 4) is 5.69 Å². The number of H-pyrrole nitrogens is 1. The SMILES string of the molecule is COC(=O)c1ccc(-n2cc[nH]c2=S)cc1. The van der Waals surface area contributed by atoms with Gasteiger partial charge in [-0.1, -0.05) is 0 Å². The minimum absolute atomic E-state index is 0.343. The average Bonchev–Trinajstić information content (AvgIpc) is 2.75. The summed E-state index contributed by atoms with van der Waals surface area (Å²) in [5.74, 6) is -0.343. The van der Waals surface area contributed by atoms with Crippen molar-refractivity contribution in [3.05, 3.63) is 47.0 Å². The molecule has 0 amide bonds. The number of carbonyl (C=O) groups excluding carboxylic acids is 1. The zero-order valence-electron chi connectivity index (χ0n) is 8.64. The molecular weight excluding hydrogens is 224 g/mol. The number of nitrogens with one attached hydrogen (secondary N) is 1. The lowest BCUT2D eigenvalue weighted by Crippen LogP contribution is -2.01. The number of rotatable bonds is 2. The van der Waals surface area contributed by atoms with E-state index in [2.05, 4.69) is 9.72 Å². The third kappa shape index (κ3) is 1.90. The van der Waals surface area contributed by atoms with Crippen LogP contribution in [0.3, 0.4) is 0 Å². The van der Waals surface area contributed by atoms with E-state index in [0.29, 0.717) is 10.3 Å². The molecule has 82 valence electrons. The number of ether oxygens (including phenoxy) is 1. The van der Waals surface area contributed by atoms with E-state index in [4.69, 9.17) is 12.2 Å². The number of benzene rings is 1. The van der Waals surface area contributed by atoms with Crippen LogP contribution in [0, 0.1) is 4.77 Å². The van der Waals surface area contributed by atoms with Crippen LogP contribution in [0.2, 0.25) is 0 Å². The zero-order chi connectivity index (χ0) is 11.5. The summed E-state index contributed by atoms with van der Waals surface area (Å²) in [4.78, 5) is 14.1. The molecule has 4 nitrogen and oxygen atoms in total. The van der Waals surface area contributed by atoms with Gasteiger partial charge < -0.3 is 9.72 Å². The van der Waals surface area contributed by atoms with Crippen LogP contribution in [-0.2, 0) is 4.74 Å². The van der Waals surface area contributed by atoms with Crippen molar-refractivity contribution < 1.29 is 9.53 Å². The second kappa shape index (κ2) is 4.32. The molecule has 1 heterocycles. The van der Waals surface area contributed by atoms with Gasteiger partial charge in [0.15, 0.2) is 4.77 Å². The van der Waals surface area contributed by atoms with Crippen molar-refractivity contribution in [2.24, 2.45) is 0 Å². The highest BCUT2D eigenvalue weighted by molar-refractivity contribution is 7.71. The third-order valence-corrected chi connectivity index (χ3v) is 2.53. The van der Waals surface area contributed by atoms with Crippen molar-refractivity contribution in [2.45, 2.75) is 0 Å². The highest BCUT2D eigenvalue weighted by atomic mass is 32.1. The van der Waals surface area contributed by atoms with Crippen molar-refractivity contribution in [1.29, 1.82) is 0 Å². The van der Waals surface area contributed by atoms with Crippen LogP contribution in [-0.4, -0.2) is 22.6 Å². The molecule has 0 bridgehead atoms. The van der Waals surface area contributed by atoms with Gasteiger partial charge in [-0.2, -0.15) is 0 Å². The molecule has 2 aromatic rings. The molecule has 1 aromatic heterocycles. The fourth-order valence-electron chi connectivity index (χ4n) is 1.40. The number of imidazole rings is 1. The van der Waals surface area contributed by atoms with Gasteiger partial charge in [0.2, 0.25) is 0 Å². The normalized spacial score (nSPS) is 10.1. The van der Waals surface area contributed by atoms with Gasteiger partial charge in [0.1, 0.15) is 0 Å². The first kappa shape index (κ1) is 10.6. The molecule has 0 aliphatic rings. The molecule has 0 spiro atoms. The molecule has 0 aliphatic heterocycles. The van der Waals surface area contributed by atoms with Gasteiger partial charge in [-0.05, 0) is 36.5 Å². The van der Waals surface area contributed by atoms with E-state index in [1.165, 1.54) is 7.11 Å². The molecule has 0 saturated carbocycles. The van der Waals surface area contributed by atoms with Crippen LogP contribution >= 0.6 is 12.2 Å². The summed E-state index contributed by atoms with van der Waals surface area (Å²) >= 11 is 5.09. The monoisotopic (exact) mass is 234 g/mol. The van der Waals surface area contributed by atoms with Gasteiger partial charge >= 0.3 is 5.97 Å². The molecule has 1 aromatic carbocycles. The molecule has 5 heteroatoms. The Bertz CT molecular complexity index is 554. The maximum Gasteiger partial charge on any atom is 0.337 e. The van der Waals surface area contributed by atoms with Crippen LogP contribution in [0.15, 0.2) is 36.7 Å². The predicted molar refractivity (Wildman–Crippen MR) is 62.3 cm³/mol. The Morgan fingerprint density at radius 3 is 2.56 bits per heavy atom. The number of hydrogen-bond acceptors (Lipinski definition) is 3. The Morgan fingerprint density at radius 2 is 2.06 bits per heavy atom. The van der Waals surface area contributed by atoms with E-state index in [1.807, 2.05) is 22.9 Å². The van der Waals surface area contributed by atoms with E-state index < -0.39 is 0 Å².